The zero-order chi connectivity index (χ0) is 35.8. The van der Waals surface area contributed by atoms with Crippen LogP contribution in [0.25, 0.3) is 0 Å². The molecule has 0 unspecified atom stereocenters. The second-order valence-electron chi connectivity index (χ2n) is 25.3. The molecule has 0 saturated carbocycles. The van der Waals surface area contributed by atoms with Gasteiger partial charge in [0.25, 0.3) is 0 Å². The number of rotatable bonds is 11. The molecule has 264 valence electrons. The summed E-state index contributed by atoms with van der Waals surface area (Å²) < 4.78 is 0. The van der Waals surface area contributed by atoms with Gasteiger partial charge in [-0.05, 0) is 43.3 Å². The average molecular weight is 681 g/mol. The molecule has 0 aromatic carbocycles. The Morgan fingerprint density at radius 2 is 0.386 bits per heavy atom. The maximum atomic E-state index is 2.65. The SMILES string of the molecule is CC(C)(C)C[Si](CC(C)(C)C)[Si](CC(C)(C)C)(CC(C)(C)C)[Si](CC(C)(C)C)(CC(C)(C)C)[Si](CC(C)(C)C)CC(C)(C)C. The van der Waals surface area contributed by atoms with E-state index in [2.05, 4.69) is 166 Å². The molecule has 0 amide bonds. The molecule has 0 nitrogen and oxygen atoms in total. The summed E-state index contributed by atoms with van der Waals surface area (Å²) in [4.78, 5) is 0. The highest BCUT2D eigenvalue weighted by Gasteiger charge is 2.65. The summed E-state index contributed by atoms with van der Waals surface area (Å²) in [6, 6.07) is 12.3. The molecule has 0 rings (SSSR count). The average Bonchev–Trinajstić information content (AvgIpc) is 2.56. The van der Waals surface area contributed by atoms with Crippen LogP contribution in [0.1, 0.15) is 166 Å². The molecule has 0 heterocycles. The lowest BCUT2D eigenvalue weighted by Gasteiger charge is -2.64. The minimum atomic E-state index is -1.89. The Morgan fingerprint density at radius 3 is 0.477 bits per heavy atom. The van der Waals surface area contributed by atoms with Crippen LogP contribution in [0.5, 0.6) is 0 Å². The first kappa shape index (κ1) is 44.9. The molecule has 0 saturated heterocycles. The van der Waals surface area contributed by atoms with Gasteiger partial charge in [0.05, 0.1) is 0 Å². The summed E-state index contributed by atoms with van der Waals surface area (Å²) in [7, 11) is -5.08. The van der Waals surface area contributed by atoms with Crippen LogP contribution in [0, 0.1) is 43.3 Å². The van der Waals surface area contributed by atoms with Crippen molar-refractivity contribution in [1.29, 1.82) is 0 Å². The Bertz CT molecular complexity index is 720. The zero-order valence-corrected chi connectivity index (χ0v) is 39.7. The Balaban J connectivity index is 8.94. The van der Waals surface area contributed by atoms with E-state index in [4.69, 9.17) is 0 Å². The highest BCUT2D eigenvalue weighted by molar-refractivity contribution is 7.79. The summed E-state index contributed by atoms with van der Waals surface area (Å²) >= 11 is 0. The molecule has 0 aliphatic carbocycles. The normalized spacial score (nSPS) is 16.0. The number of hydrogen-bond donors (Lipinski definition) is 0. The molecule has 0 spiro atoms. The molecule has 4 heteroatoms. The summed E-state index contributed by atoms with van der Waals surface area (Å²) in [5.74, 6) is 0. The molecule has 0 aromatic heterocycles. The number of hydrogen-bond acceptors (Lipinski definition) is 0. The minimum absolute atomic E-state index is 0.369. The largest absolute Gasteiger partial charge is 0.0605 e. The second kappa shape index (κ2) is 14.4. The first-order chi connectivity index (χ1) is 18.7. The molecule has 0 aliphatic heterocycles. The predicted octanol–water partition coefficient (Wildman–Crippen LogP) is 14.5. The third kappa shape index (κ3) is 17.3. The first-order valence-corrected chi connectivity index (χ1v) is 30.1. The van der Waals surface area contributed by atoms with Crippen LogP contribution in [0.15, 0.2) is 0 Å². The molecular formula is C40H88Si4. The predicted molar refractivity (Wildman–Crippen MR) is 217 cm³/mol. The van der Waals surface area contributed by atoms with Crippen molar-refractivity contribution in [2.75, 3.05) is 0 Å². The summed E-state index contributed by atoms with van der Waals surface area (Å²) in [6.45, 7) is 63.0. The van der Waals surface area contributed by atoms with Gasteiger partial charge in [-0.25, -0.2) is 0 Å². The van der Waals surface area contributed by atoms with Crippen molar-refractivity contribution in [2.24, 2.45) is 43.3 Å². The van der Waals surface area contributed by atoms with Crippen LogP contribution in [0.4, 0.5) is 0 Å². The zero-order valence-electron chi connectivity index (χ0n) is 35.7. The van der Waals surface area contributed by atoms with Crippen molar-refractivity contribution in [3.8, 4) is 0 Å². The summed E-state index contributed by atoms with van der Waals surface area (Å²) in [5.41, 5.74) is 3.02. The Kier molecular flexibility index (Phi) is 14.7. The fourth-order valence-corrected chi connectivity index (χ4v) is 89.3. The van der Waals surface area contributed by atoms with E-state index in [1.54, 1.807) is 24.2 Å². The maximum Gasteiger partial charge on any atom is 0.0388 e. The monoisotopic (exact) mass is 681 g/mol. The van der Waals surface area contributed by atoms with Crippen molar-refractivity contribution in [3.63, 3.8) is 0 Å². The van der Waals surface area contributed by atoms with Gasteiger partial charge in [0.1, 0.15) is 0 Å². The van der Waals surface area contributed by atoms with Crippen LogP contribution < -0.4 is 0 Å². The van der Waals surface area contributed by atoms with Crippen molar-refractivity contribution >= 4 is 30.8 Å². The van der Waals surface area contributed by atoms with Crippen molar-refractivity contribution < 1.29 is 0 Å². The fraction of sp³-hybridized carbons (Fsp3) is 1.00. The van der Waals surface area contributed by atoms with E-state index in [0.29, 0.717) is 43.3 Å². The molecular weight excluding hydrogens is 593 g/mol. The van der Waals surface area contributed by atoms with E-state index in [9.17, 15) is 0 Å². The lowest BCUT2D eigenvalue weighted by atomic mass is 10.00. The first-order valence-electron chi connectivity index (χ1n) is 18.4. The molecule has 0 fully saturated rings. The van der Waals surface area contributed by atoms with Gasteiger partial charge in [-0.15, -0.1) is 0 Å². The van der Waals surface area contributed by atoms with E-state index in [1.807, 2.05) is 0 Å². The smallest absolute Gasteiger partial charge is 0.0388 e. The molecule has 0 bridgehead atoms. The van der Waals surface area contributed by atoms with Gasteiger partial charge in [-0.2, -0.15) is 0 Å². The van der Waals surface area contributed by atoms with Crippen LogP contribution >= 0.6 is 0 Å². The van der Waals surface area contributed by atoms with Crippen molar-refractivity contribution in [1.82, 2.24) is 0 Å². The molecule has 0 atom stereocenters. The molecule has 2 radical (unpaired) electrons. The van der Waals surface area contributed by atoms with Gasteiger partial charge in [0.15, 0.2) is 0 Å². The van der Waals surface area contributed by atoms with E-state index in [1.165, 1.54) is 24.2 Å². The van der Waals surface area contributed by atoms with Gasteiger partial charge in [-0.1, -0.05) is 215 Å². The van der Waals surface area contributed by atoms with E-state index in [0.717, 1.165) is 0 Å². The third-order valence-corrected chi connectivity index (χ3v) is 62.9. The van der Waals surface area contributed by atoms with Gasteiger partial charge in [0, 0.05) is 30.8 Å². The fourth-order valence-electron chi connectivity index (χ4n) is 8.96. The maximum absolute atomic E-state index is 2.65. The quantitative estimate of drug-likeness (QED) is 0.191. The highest BCUT2D eigenvalue weighted by atomic mass is 29.8. The van der Waals surface area contributed by atoms with E-state index < -0.39 is 30.8 Å². The summed E-state index contributed by atoms with van der Waals surface area (Å²) in [5, 5.41) is 0. The Hall–Kier alpha value is 0.868. The highest BCUT2D eigenvalue weighted by Crippen LogP contribution is 2.56. The van der Waals surface area contributed by atoms with Crippen LogP contribution in [0.3, 0.4) is 0 Å². The standard InChI is InChI=1S/C40H88Si4/c1-33(2,3)25-41(26-34(4,5)6)43(29-37(13,14)15,30-38(16,17)18)44(31-39(19,20)21,32-40(22,23)24)42(27-35(7,8)9)28-36(10,11)12/h25-32H2,1-24H3. The van der Waals surface area contributed by atoms with Crippen LogP contribution in [0.2, 0.25) is 48.4 Å². The molecule has 44 heavy (non-hydrogen) atoms. The third-order valence-electron chi connectivity index (χ3n) is 8.57. The molecule has 0 aromatic rings. The van der Waals surface area contributed by atoms with Gasteiger partial charge < -0.3 is 0 Å². The Labute approximate surface area is 287 Å². The van der Waals surface area contributed by atoms with Gasteiger partial charge in [0.2, 0.25) is 0 Å². The van der Waals surface area contributed by atoms with Crippen LogP contribution in [-0.4, -0.2) is 30.8 Å². The van der Waals surface area contributed by atoms with Gasteiger partial charge >= 0.3 is 0 Å². The summed E-state index contributed by atoms with van der Waals surface area (Å²) in [6.07, 6.45) is 0. The lowest BCUT2D eigenvalue weighted by Crippen LogP contribution is -2.81. The van der Waals surface area contributed by atoms with Crippen LogP contribution in [-0.2, 0) is 0 Å². The Morgan fingerprint density at radius 1 is 0.250 bits per heavy atom. The van der Waals surface area contributed by atoms with Crippen molar-refractivity contribution in [2.45, 2.75) is 215 Å². The minimum Gasteiger partial charge on any atom is -0.0605 e. The lowest BCUT2D eigenvalue weighted by molar-refractivity contribution is 0.419. The van der Waals surface area contributed by atoms with E-state index >= 15 is 0 Å². The van der Waals surface area contributed by atoms with Crippen molar-refractivity contribution in [3.05, 3.63) is 0 Å². The topological polar surface area (TPSA) is 0 Å². The second-order valence-corrected chi connectivity index (χ2v) is 53.6. The van der Waals surface area contributed by atoms with E-state index in [-0.39, 0.29) is 0 Å². The van der Waals surface area contributed by atoms with Gasteiger partial charge in [-0.3, -0.25) is 0 Å². The molecule has 0 aliphatic rings. The molecule has 0 N–H and O–H groups in total.